The summed E-state index contributed by atoms with van der Waals surface area (Å²) in [6.07, 6.45) is -5.24. The van der Waals surface area contributed by atoms with Gasteiger partial charge in [0, 0.05) is 6.07 Å². The zero-order chi connectivity index (χ0) is 21.5. The highest BCUT2D eigenvalue weighted by molar-refractivity contribution is 5.47. The molecule has 2 aromatic carbocycles. The Morgan fingerprint density at radius 1 is 0.903 bits per heavy atom. The van der Waals surface area contributed by atoms with Crippen LogP contribution in [0.5, 0.6) is 23.0 Å². The standard InChI is InChI=1S/C22H24O9/c23-9-18-19(24)20(25)21(26)22(31-18)29-13-4-1-11-2-5-14(30-16(11)8-13)12-3-6-15-17(7-12)28-10-27-15/h1,3-4,6-8,14,18-26H,2,5,9-10H2. The van der Waals surface area contributed by atoms with Crippen LogP contribution in [0.1, 0.15) is 23.7 Å². The van der Waals surface area contributed by atoms with Gasteiger partial charge >= 0.3 is 0 Å². The first-order chi connectivity index (χ1) is 15.0. The van der Waals surface area contributed by atoms with Gasteiger partial charge < -0.3 is 44.1 Å². The minimum Gasteiger partial charge on any atom is -0.485 e. The SMILES string of the molecule is OCC1OC(Oc2ccc3c(c2)OC(c2ccc4c(c2)OCO4)CC3)C(O)C(O)C1O. The topological polar surface area (TPSA) is 127 Å². The molecule has 0 bridgehead atoms. The van der Waals surface area contributed by atoms with E-state index in [2.05, 4.69) is 0 Å². The Labute approximate surface area is 178 Å². The molecule has 9 heteroatoms. The lowest BCUT2D eigenvalue weighted by Gasteiger charge is -2.39. The van der Waals surface area contributed by atoms with Gasteiger partial charge in [-0.25, -0.2) is 0 Å². The molecule has 6 atom stereocenters. The molecule has 3 aliphatic rings. The summed E-state index contributed by atoms with van der Waals surface area (Å²) < 4.78 is 28.2. The van der Waals surface area contributed by atoms with Crippen LogP contribution in [0.25, 0.3) is 0 Å². The lowest BCUT2D eigenvalue weighted by atomic mass is 9.97. The molecule has 6 unspecified atom stereocenters. The Balaban J connectivity index is 1.32. The van der Waals surface area contributed by atoms with E-state index < -0.39 is 37.3 Å². The fourth-order valence-corrected chi connectivity index (χ4v) is 4.07. The first-order valence-electron chi connectivity index (χ1n) is 10.2. The average molecular weight is 432 g/mol. The van der Waals surface area contributed by atoms with Crippen LogP contribution in [0.15, 0.2) is 36.4 Å². The first-order valence-corrected chi connectivity index (χ1v) is 10.2. The van der Waals surface area contributed by atoms with Crippen LogP contribution in [0.4, 0.5) is 0 Å². The molecule has 3 heterocycles. The summed E-state index contributed by atoms with van der Waals surface area (Å²) in [5.41, 5.74) is 2.01. The number of fused-ring (bicyclic) bond motifs is 2. The lowest BCUT2D eigenvalue weighted by molar-refractivity contribution is -0.277. The third-order valence-electron chi connectivity index (χ3n) is 5.85. The van der Waals surface area contributed by atoms with Gasteiger partial charge in [0.25, 0.3) is 0 Å². The van der Waals surface area contributed by atoms with Crippen LogP contribution in [0, 0.1) is 0 Å². The Kier molecular flexibility index (Phi) is 5.37. The number of hydrogen-bond donors (Lipinski definition) is 4. The van der Waals surface area contributed by atoms with Crippen LogP contribution in [-0.2, 0) is 11.2 Å². The molecular weight excluding hydrogens is 408 g/mol. The van der Waals surface area contributed by atoms with Crippen molar-refractivity contribution in [1.82, 2.24) is 0 Å². The lowest BCUT2D eigenvalue weighted by Crippen LogP contribution is -2.60. The molecule has 1 saturated heterocycles. The van der Waals surface area contributed by atoms with Crippen LogP contribution < -0.4 is 18.9 Å². The molecule has 9 nitrogen and oxygen atoms in total. The molecule has 5 rings (SSSR count). The molecule has 0 aliphatic carbocycles. The maximum atomic E-state index is 10.2. The molecule has 31 heavy (non-hydrogen) atoms. The summed E-state index contributed by atoms with van der Waals surface area (Å²) in [6.45, 7) is -0.304. The highest BCUT2D eigenvalue weighted by Gasteiger charge is 2.44. The minimum atomic E-state index is -1.50. The minimum absolute atomic E-state index is 0.162. The van der Waals surface area contributed by atoms with Crippen molar-refractivity contribution < 1.29 is 44.1 Å². The largest absolute Gasteiger partial charge is 0.485 e. The third kappa shape index (κ3) is 3.79. The van der Waals surface area contributed by atoms with Crippen LogP contribution >= 0.6 is 0 Å². The van der Waals surface area contributed by atoms with E-state index in [0.717, 1.165) is 29.7 Å². The number of aryl methyl sites for hydroxylation is 1. The molecular formula is C22H24O9. The molecule has 0 saturated carbocycles. The van der Waals surface area contributed by atoms with Gasteiger partial charge in [-0.15, -0.1) is 0 Å². The number of benzene rings is 2. The summed E-state index contributed by atoms with van der Waals surface area (Å²) in [5.74, 6) is 2.44. The zero-order valence-electron chi connectivity index (χ0n) is 16.6. The number of aliphatic hydroxyl groups is 4. The van der Waals surface area contributed by atoms with Gasteiger partial charge in [0.05, 0.1) is 6.61 Å². The number of hydrogen-bond acceptors (Lipinski definition) is 9. The predicted octanol–water partition coefficient (Wildman–Crippen LogP) is 0.660. The van der Waals surface area contributed by atoms with Crippen molar-refractivity contribution >= 4 is 0 Å². The van der Waals surface area contributed by atoms with Gasteiger partial charge in [-0.05, 0) is 42.2 Å². The smallest absolute Gasteiger partial charge is 0.231 e. The molecule has 0 radical (unpaired) electrons. The van der Waals surface area contributed by atoms with E-state index in [1.807, 2.05) is 24.3 Å². The van der Waals surface area contributed by atoms with Gasteiger partial charge in [-0.2, -0.15) is 0 Å². The van der Waals surface area contributed by atoms with Crippen molar-refractivity contribution in [1.29, 1.82) is 0 Å². The van der Waals surface area contributed by atoms with Gasteiger partial charge in [0.2, 0.25) is 13.1 Å². The van der Waals surface area contributed by atoms with Crippen LogP contribution in [0.3, 0.4) is 0 Å². The van der Waals surface area contributed by atoms with Crippen molar-refractivity contribution in [2.45, 2.75) is 49.7 Å². The van der Waals surface area contributed by atoms with Crippen molar-refractivity contribution in [3.63, 3.8) is 0 Å². The van der Waals surface area contributed by atoms with Crippen molar-refractivity contribution in [2.24, 2.45) is 0 Å². The van der Waals surface area contributed by atoms with Gasteiger partial charge in [-0.3, -0.25) is 0 Å². The van der Waals surface area contributed by atoms with E-state index in [0.29, 0.717) is 17.2 Å². The fraction of sp³-hybridized carbons (Fsp3) is 0.455. The Morgan fingerprint density at radius 3 is 2.58 bits per heavy atom. The van der Waals surface area contributed by atoms with E-state index >= 15 is 0 Å². The summed E-state index contributed by atoms with van der Waals surface area (Å²) >= 11 is 0. The van der Waals surface area contributed by atoms with Crippen molar-refractivity contribution in [3.05, 3.63) is 47.5 Å². The van der Waals surface area contributed by atoms with Gasteiger partial charge in [-0.1, -0.05) is 12.1 Å². The van der Waals surface area contributed by atoms with E-state index in [1.165, 1.54) is 0 Å². The van der Waals surface area contributed by atoms with Gasteiger partial charge in [0.1, 0.15) is 42.0 Å². The second-order valence-corrected chi connectivity index (χ2v) is 7.84. The Morgan fingerprint density at radius 2 is 1.74 bits per heavy atom. The molecule has 1 fully saturated rings. The molecule has 166 valence electrons. The molecule has 0 spiro atoms. The quantitative estimate of drug-likeness (QED) is 0.551. The summed E-state index contributed by atoms with van der Waals surface area (Å²) in [5, 5.41) is 39.4. The van der Waals surface area contributed by atoms with Crippen LogP contribution in [-0.4, -0.2) is 64.5 Å². The summed E-state index contributed by atoms with van der Waals surface area (Å²) in [7, 11) is 0. The van der Waals surface area contributed by atoms with E-state index in [4.69, 9.17) is 23.7 Å². The van der Waals surface area contributed by atoms with E-state index in [-0.39, 0.29) is 12.9 Å². The molecule has 4 N–H and O–H groups in total. The molecule has 2 aromatic rings. The summed E-state index contributed by atoms with van der Waals surface area (Å²) in [4.78, 5) is 0. The third-order valence-corrected chi connectivity index (χ3v) is 5.85. The van der Waals surface area contributed by atoms with E-state index in [1.54, 1.807) is 12.1 Å². The highest BCUT2D eigenvalue weighted by atomic mass is 16.7. The van der Waals surface area contributed by atoms with Crippen molar-refractivity contribution in [3.8, 4) is 23.0 Å². The maximum Gasteiger partial charge on any atom is 0.231 e. The normalized spacial score (nSPS) is 31.6. The van der Waals surface area contributed by atoms with Crippen molar-refractivity contribution in [2.75, 3.05) is 13.4 Å². The number of aliphatic hydroxyl groups excluding tert-OH is 4. The predicted molar refractivity (Wildman–Crippen MR) is 105 cm³/mol. The van der Waals surface area contributed by atoms with E-state index in [9.17, 15) is 20.4 Å². The Hall–Kier alpha value is -2.56. The second-order valence-electron chi connectivity index (χ2n) is 7.84. The average Bonchev–Trinajstić information content (AvgIpc) is 3.27. The molecule has 0 aromatic heterocycles. The first kappa shape index (κ1) is 20.3. The highest BCUT2D eigenvalue weighted by Crippen LogP contribution is 2.40. The molecule has 3 aliphatic heterocycles. The number of ether oxygens (including phenoxy) is 5. The number of rotatable bonds is 4. The second kappa shape index (κ2) is 8.18. The summed E-state index contributed by atoms with van der Waals surface area (Å²) in [6, 6.07) is 11.1. The monoisotopic (exact) mass is 432 g/mol. The van der Waals surface area contributed by atoms with Crippen LogP contribution in [0.2, 0.25) is 0 Å². The maximum absolute atomic E-state index is 10.2. The van der Waals surface area contributed by atoms with Gasteiger partial charge in [0.15, 0.2) is 11.5 Å². The Bertz CT molecular complexity index is 947. The zero-order valence-corrected chi connectivity index (χ0v) is 16.6. The molecule has 0 amide bonds. The fourth-order valence-electron chi connectivity index (χ4n) is 4.07.